The molecule has 1 unspecified atom stereocenters. The Bertz CT molecular complexity index is 318. The molecule has 0 aromatic heterocycles. The first kappa shape index (κ1) is 9.22. The van der Waals surface area contributed by atoms with Gasteiger partial charge in [0.1, 0.15) is 0 Å². The maximum atomic E-state index is 9.93. The van der Waals surface area contributed by atoms with Crippen molar-refractivity contribution in [3.8, 4) is 0 Å². The van der Waals surface area contributed by atoms with E-state index in [1.165, 1.54) is 5.56 Å². The Kier molecular flexibility index (Phi) is 2.20. The van der Waals surface area contributed by atoms with Crippen LogP contribution >= 0.6 is 15.9 Å². The zero-order valence-corrected chi connectivity index (χ0v) is 9.21. The SMILES string of the molecule is CC(c1cccc(Br)c1)C1(O)CC1. The van der Waals surface area contributed by atoms with Crippen molar-refractivity contribution < 1.29 is 5.11 Å². The topological polar surface area (TPSA) is 20.2 Å². The fraction of sp³-hybridized carbons (Fsp3) is 0.455. The first-order chi connectivity index (χ1) is 6.12. The predicted octanol–water partition coefficient (Wildman–Crippen LogP) is 3.08. The molecule has 2 heteroatoms. The molecule has 1 saturated carbocycles. The maximum absolute atomic E-state index is 9.93. The van der Waals surface area contributed by atoms with Gasteiger partial charge < -0.3 is 5.11 Å². The molecule has 1 N–H and O–H groups in total. The van der Waals surface area contributed by atoms with Crippen molar-refractivity contribution in [2.75, 3.05) is 0 Å². The van der Waals surface area contributed by atoms with E-state index in [1.54, 1.807) is 0 Å². The summed E-state index contributed by atoms with van der Waals surface area (Å²) in [6, 6.07) is 8.18. The fourth-order valence-electron chi connectivity index (χ4n) is 1.65. The van der Waals surface area contributed by atoms with Crippen molar-refractivity contribution >= 4 is 15.9 Å². The molecule has 0 spiro atoms. The highest BCUT2D eigenvalue weighted by molar-refractivity contribution is 9.10. The molecule has 1 aliphatic rings. The van der Waals surface area contributed by atoms with Gasteiger partial charge >= 0.3 is 0 Å². The van der Waals surface area contributed by atoms with Gasteiger partial charge in [0, 0.05) is 10.4 Å². The van der Waals surface area contributed by atoms with Crippen LogP contribution in [0.5, 0.6) is 0 Å². The van der Waals surface area contributed by atoms with Crippen molar-refractivity contribution in [1.29, 1.82) is 0 Å². The molecular weight excluding hydrogens is 228 g/mol. The second-order valence-corrected chi connectivity index (χ2v) is 4.80. The predicted molar refractivity (Wildman–Crippen MR) is 56.7 cm³/mol. The Balaban J connectivity index is 2.25. The van der Waals surface area contributed by atoms with Crippen LogP contribution in [-0.4, -0.2) is 10.7 Å². The van der Waals surface area contributed by atoms with Gasteiger partial charge in [-0.05, 0) is 30.5 Å². The number of halogens is 1. The highest BCUT2D eigenvalue weighted by Crippen LogP contribution is 2.47. The molecule has 1 nitrogen and oxygen atoms in total. The van der Waals surface area contributed by atoms with Crippen LogP contribution < -0.4 is 0 Å². The molecule has 1 aliphatic carbocycles. The van der Waals surface area contributed by atoms with E-state index in [4.69, 9.17) is 0 Å². The van der Waals surface area contributed by atoms with Gasteiger partial charge in [0.2, 0.25) is 0 Å². The van der Waals surface area contributed by atoms with Gasteiger partial charge in [-0.1, -0.05) is 35.0 Å². The van der Waals surface area contributed by atoms with Gasteiger partial charge in [0.05, 0.1) is 5.60 Å². The average molecular weight is 241 g/mol. The van der Waals surface area contributed by atoms with Crippen LogP contribution in [0.3, 0.4) is 0 Å². The molecule has 0 aliphatic heterocycles. The van der Waals surface area contributed by atoms with Crippen LogP contribution in [0.25, 0.3) is 0 Å². The zero-order valence-electron chi connectivity index (χ0n) is 7.63. The van der Waals surface area contributed by atoms with E-state index in [1.807, 2.05) is 12.1 Å². The van der Waals surface area contributed by atoms with Crippen molar-refractivity contribution in [1.82, 2.24) is 0 Å². The molecule has 1 atom stereocenters. The third kappa shape index (κ3) is 1.79. The number of benzene rings is 1. The lowest BCUT2D eigenvalue weighted by Crippen LogP contribution is -2.16. The highest BCUT2D eigenvalue weighted by atomic mass is 79.9. The first-order valence-electron chi connectivity index (χ1n) is 4.60. The van der Waals surface area contributed by atoms with E-state index in [9.17, 15) is 5.11 Å². The summed E-state index contributed by atoms with van der Waals surface area (Å²) in [4.78, 5) is 0. The van der Waals surface area contributed by atoms with Crippen LogP contribution in [0.4, 0.5) is 0 Å². The minimum atomic E-state index is -0.416. The molecular formula is C11H13BrO. The van der Waals surface area contributed by atoms with E-state index < -0.39 is 5.60 Å². The average Bonchev–Trinajstić information content (AvgIpc) is 2.84. The Morgan fingerprint density at radius 2 is 2.15 bits per heavy atom. The number of aliphatic hydroxyl groups is 1. The summed E-state index contributed by atoms with van der Waals surface area (Å²) in [5, 5.41) is 9.93. The molecule has 0 amide bonds. The van der Waals surface area contributed by atoms with Gasteiger partial charge in [-0.25, -0.2) is 0 Å². The van der Waals surface area contributed by atoms with E-state index in [2.05, 4.69) is 35.0 Å². The quantitative estimate of drug-likeness (QED) is 0.843. The van der Waals surface area contributed by atoms with Gasteiger partial charge in [-0.15, -0.1) is 0 Å². The van der Waals surface area contributed by atoms with Crippen LogP contribution in [0.1, 0.15) is 31.2 Å². The van der Waals surface area contributed by atoms with Crippen LogP contribution in [0.2, 0.25) is 0 Å². The zero-order chi connectivity index (χ0) is 9.47. The molecule has 70 valence electrons. The molecule has 13 heavy (non-hydrogen) atoms. The lowest BCUT2D eigenvalue weighted by atomic mass is 9.94. The molecule has 0 heterocycles. The van der Waals surface area contributed by atoms with E-state index >= 15 is 0 Å². The number of rotatable bonds is 2. The molecule has 1 aromatic carbocycles. The lowest BCUT2D eigenvalue weighted by Gasteiger charge is -2.18. The molecule has 1 fully saturated rings. The summed E-state index contributed by atoms with van der Waals surface area (Å²) in [5.74, 6) is 0.255. The van der Waals surface area contributed by atoms with E-state index in [0.29, 0.717) is 0 Å². The van der Waals surface area contributed by atoms with Crippen molar-refractivity contribution in [3.05, 3.63) is 34.3 Å². The minimum Gasteiger partial charge on any atom is -0.389 e. The summed E-state index contributed by atoms with van der Waals surface area (Å²) in [7, 11) is 0. The summed E-state index contributed by atoms with van der Waals surface area (Å²) in [6.07, 6.45) is 1.89. The molecule has 1 aromatic rings. The largest absolute Gasteiger partial charge is 0.389 e. The number of hydrogen-bond donors (Lipinski definition) is 1. The summed E-state index contributed by atoms with van der Waals surface area (Å²) >= 11 is 3.44. The van der Waals surface area contributed by atoms with Gasteiger partial charge in [0.15, 0.2) is 0 Å². The maximum Gasteiger partial charge on any atom is 0.0715 e. The molecule has 0 saturated heterocycles. The van der Waals surface area contributed by atoms with Crippen molar-refractivity contribution in [2.24, 2.45) is 0 Å². The fourth-order valence-corrected chi connectivity index (χ4v) is 2.06. The van der Waals surface area contributed by atoms with Gasteiger partial charge in [-0.2, -0.15) is 0 Å². The van der Waals surface area contributed by atoms with Crippen LogP contribution in [-0.2, 0) is 0 Å². The number of hydrogen-bond acceptors (Lipinski definition) is 1. The smallest absolute Gasteiger partial charge is 0.0715 e. The van der Waals surface area contributed by atoms with E-state index in [0.717, 1.165) is 17.3 Å². The molecule has 2 rings (SSSR count). The van der Waals surface area contributed by atoms with Crippen molar-refractivity contribution in [2.45, 2.75) is 31.3 Å². The first-order valence-corrected chi connectivity index (χ1v) is 5.39. The van der Waals surface area contributed by atoms with Crippen LogP contribution in [0.15, 0.2) is 28.7 Å². The summed E-state index contributed by atoms with van der Waals surface area (Å²) in [6.45, 7) is 2.09. The standard InChI is InChI=1S/C11H13BrO/c1-8(11(13)5-6-11)9-3-2-4-10(12)7-9/h2-4,7-8,13H,5-6H2,1H3. The highest BCUT2D eigenvalue weighted by Gasteiger charge is 2.45. The van der Waals surface area contributed by atoms with Crippen molar-refractivity contribution in [3.63, 3.8) is 0 Å². The second kappa shape index (κ2) is 3.10. The third-order valence-corrected chi connectivity index (χ3v) is 3.41. The third-order valence-electron chi connectivity index (χ3n) is 2.92. The van der Waals surface area contributed by atoms with Gasteiger partial charge in [-0.3, -0.25) is 0 Å². The monoisotopic (exact) mass is 240 g/mol. The molecule has 0 radical (unpaired) electrons. The second-order valence-electron chi connectivity index (χ2n) is 3.88. The Labute approximate surface area is 86.9 Å². The van der Waals surface area contributed by atoms with Gasteiger partial charge in [0.25, 0.3) is 0 Å². The summed E-state index contributed by atoms with van der Waals surface area (Å²) in [5.41, 5.74) is 0.801. The summed E-state index contributed by atoms with van der Waals surface area (Å²) < 4.78 is 1.08. The van der Waals surface area contributed by atoms with Crippen LogP contribution in [0, 0.1) is 0 Å². The Morgan fingerprint density at radius 1 is 1.46 bits per heavy atom. The Morgan fingerprint density at radius 3 is 2.69 bits per heavy atom. The minimum absolute atomic E-state index is 0.255. The van der Waals surface area contributed by atoms with E-state index in [-0.39, 0.29) is 5.92 Å². The normalized spacial score (nSPS) is 21.2. The lowest BCUT2D eigenvalue weighted by molar-refractivity contribution is 0.124. The molecule has 0 bridgehead atoms. The Hall–Kier alpha value is -0.340.